The van der Waals surface area contributed by atoms with Crippen molar-refractivity contribution in [2.45, 2.75) is 90.4 Å². The first kappa shape index (κ1) is 20.0. The molecular weight excluding hydrogens is 318 g/mol. The standard InChI is InChI=1S/C19H35N3O3/c1-14-7-6-8-15(2)22(14)17(23)13-21-11-9-16(10-12-21)20-18(24)25-19(3,4)5/h14-16H,6-13H2,1-5H3,(H,20,24). The van der Waals surface area contributed by atoms with Crippen molar-refractivity contribution < 1.29 is 14.3 Å². The van der Waals surface area contributed by atoms with E-state index in [9.17, 15) is 9.59 Å². The predicted molar refractivity (Wildman–Crippen MR) is 98.5 cm³/mol. The number of carbonyl (C=O) groups excluding carboxylic acids is 2. The summed E-state index contributed by atoms with van der Waals surface area (Å²) in [5, 5.41) is 2.94. The molecule has 0 bridgehead atoms. The van der Waals surface area contributed by atoms with Gasteiger partial charge < -0.3 is 15.0 Å². The van der Waals surface area contributed by atoms with Crippen molar-refractivity contribution in [3.05, 3.63) is 0 Å². The third-order valence-corrected chi connectivity index (χ3v) is 5.15. The van der Waals surface area contributed by atoms with Crippen LogP contribution in [-0.2, 0) is 9.53 Å². The highest BCUT2D eigenvalue weighted by molar-refractivity contribution is 5.79. The van der Waals surface area contributed by atoms with Crippen LogP contribution in [-0.4, -0.2) is 65.2 Å². The highest BCUT2D eigenvalue weighted by Crippen LogP contribution is 2.23. The molecule has 6 nitrogen and oxygen atoms in total. The monoisotopic (exact) mass is 353 g/mol. The Hall–Kier alpha value is -1.30. The minimum Gasteiger partial charge on any atom is -0.444 e. The summed E-state index contributed by atoms with van der Waals surface area (Å²) in [4.78, 5) is 28.8. The molecule has 2 rings (SSSR count). The molecule has 25 heavy (non-hydrogen) atoms. The molecule has 2 atom stereocenters. The summed E-state index contributed by atoms with van der Waals surface area (Å²) in [6, 6.07) is 0.833. The minimum absolute atomic E-state index is 0.133. The van der Waals surface area contributed by atoms with Gasteiger partial charge in [-0.25, -0.2) is 4.79 Å². The molecule has 0 aromatic carbocycles. The quantitative estimate of drug-likeness (QED) is 0.847. The van der Waals surface area contributed by atoms with Gasteiger partial charge in [0, 0.05) is 31.2 Å². The van der Waals surface area contributed by atoms with E-state index in [1.54, 1.807) is 0 Å². The molecular formula is C19H35N3O3. The molecule has 0 aromatic heterocycles. The van der Waals surface area contributed by atoms with Gasteiger partial charge in [0.1, 0.15) is 5.60 Å². The lowest BCUT2D eigenvalue weighted by atomic mass is 9.97. The second-order valence-corrected chi connectivity index (χ2v) is 8.63. The number of carbonyl (C=O) groups is 2. The second-order valence-electron chi connectivity index (χ2n) is 8.63. The van der Waals surface area contributed by atoms with Crippen LogP contribution in [0.2, 0.25) is 0 Å². The van der Waals surface area contributed by atoms with Crippen LogP contribution in [0.25, 0.3) is 0 Å². The lowest BCUT2D eigenvalue weighted by Crippen LogP contribution is -2.53. The van der Waals surface area contributed by atoms with Gasteiger partial charge in [0.15, 0.2) is 0 Å². The molecule has 0 aliphatic carbocycles. The Balaban J connectivity index is 1.75. The van der Waals surface area contributed by atoms with Crippen LogP contribution in [0.15, 0.2) is 0 Å². The van der Waals surface area contributed by atoms with Crippen LogP contribution in [0, 0.1) is 0 Å². The van der Waals surface area contributed by atoms with E-state index in [1.807, 2.05) is 20.8 Å². The summed E-state index contributed by atoms with van der Waals surface area (Å²) < 4.78 is 5.31. The van der Waals surface area contributed by atoms with Crippen molar-refractivity contribution >= 4 is 12.0 Å². The summed E-state index contributed by atoms with van der Waals surface area (Å²) in [5.74, 6) is 0.248. The SMILES string of the molecule is CC1CCCC(C)N1C(=O)CN1CCC(NC(=O)OC(C)(C)C)CC1. The highest BCUT2D eigenvalue weighted by Gasteiger charge is 2.31. The van der Waals surface area contributed by atoms with E-state index in [4.69, 9.17) is 4.74 Å². The Labute approximate surface area is 152 Å². The van der Waals surface area contributed by atoms with Crippen molar-refractivity contribution in [1.82, 2.24) is 15.1 Å². The van der Waals surface area contributed by atoms with Gasteiger partial charge in [-0.2, -0.15) is 0 Å². The van der Waals surface area contributed by atoms with Crippen molar-refractivity contribution in [1.29, 1.82) is 0 Å². The maximum Gasteiger partial charge on any atom is 0.407 e. The first-order chi connectivity index (χ1) is 11.7. The fraction of sp³-hybridized carbons (Fsp3) is 0.895. The Bertz CT molecular complexity index is 457. The molecule has 2 heterocycles. The van der Waals surface area contributed by atoms with E-state index < -0.39 is 5.60 Å². The van der Waals surface area contributed by atoms with Gasteiger partial charge in [-0.1, -0.05) is 0 Å². The number of ether oxygens (including phenoxy) is 1. The highest BCUT2D eigenvalue weighted by atomic mass is 16.6. The van der Waals surface area contributed by atoms with Gasteiger partial charge in [0.2, 0.25) is 5.91 Å². The molecule has 1 N–H and O–H groups in total. The Morgan fingerprint density at radius 2 is 1.60 bits per heavy atom. The zero-order valence-corrected chi connectivity index (χ0v) is 16.5. The molecule has 0 spiro atoms. The summed E-state index contributed by atoms with van der Waals surface area (Å²) in [6.45, 7) is 12.1. The molecule has 6 heteroatoms. The number of hydrogen-bond acceptors (Lipinski definition) is 4. The zero-order valence-electron chi connectivity index (χ0n) is 16.5. The molecule has 0 aromatic rings. The summed E-state index contributed by atoms with van der Waals surface area (Å²) in [5.41, 5.74) is -0.473. The first-order valence-corrected chi connectivity index (χ1v) is 9.69. The van der Waals surface area contributed by atoms with E-state index in [1.165, 1.54) is 6.42 Å². The molecule has 144 valence electrons. The first-order valence-electron chi connectivity index (χ1n) is 9.69. The lowest BCUT2D eigenvalue weighted by Gasteiger charge is -2.41. The van der Waals surface area contributed by atoms with Crippen LogP contribution in [0.4, 0.5) is 4.79 Å². The normalized spacial score (nSPS) is 26.4. The number of piperidine rings is 2. The summed E-state index contributed by atoms with van der Waals surface area (Å²) in [6.07, 6.45) is 4.80. The Kier molecular flexibility index (Phi) is 6.72. The Morgan fingerprint density at radius 3 is 2.12 bits per heavy atom. The number of amides is 2. The van der Waals surface area contributed by atoms with Gasteiger partial charge in [0.05, 0.1) is 6.54 Å². The molecule has 2 aliphatic rings. The minimum atomic E-state index is -0.473. The molecule has 2 fully saturated rings. The van der Waals surface area contributed by atoms with Crippen molar-refractivity contribution in [2.24, 2.45) is 0 Å². The predicted octanol–water partition coefficient (Wildman–Crippen LogP) is 2.77. The van der Waals surface area contributed by atoms with Crippen molar-refractivity contribution in [3.63, 3.8) is 0 Å². The maximum atomic E-state index is 12.7. The van der Waals surface area contributed by atoms with E-state index in [0.29, 0.717) is 18.6 Å². The Morgan fingerprint density at radius 1 is 1.04 bits per heavy atom. The van der Waals surface area contributed by atoms with Crippen LogP contribution in [0.1, 0.15) is 66.7 Å². The van der Waals surface area contributed by atoms with E-state index in [0.717, 1.165) is 38.8 Å². The average molecular weight is 354 g/mol. The fourth-order valence-electron chi connectivity index (χ4n) is 3.90. The number of rotatable bonds is 3. The molecule has 2 amide bonds. The molecule has 2 unspecified atom stereocenters. The smallest absolute Gasteiger partial charge is 0.407 e. The topological polar surface area (TPSA) is 61.9 Å². The zero-order chi connectivity index (χ0) is 18.6. The largest absolute Gasteiger partial charge is 0.444 e. The van der Waals surface area contributed by atoms with Gasteiger partial charge in [-0.3, -0.25) is 9.69 Å². The molecule has 2 saturated heterocycles. The summed E-state index contributed by atoms with van der Waals surface area (Å²) >= 11 is 0. The number of likely N-dealkylation sites (tertiary alicyclic amines) is 2. The maximum absolute atomic E-state index is 12.7. The van der Waals surface area contributed by atoms with Crippen LogP contribution in [0.3, 0.4) is 0 Å². The fourth-order valence-corrected chi connectivity index (χ4v) is 3.90. The lowest BCUT2D eigenvalue weighted by molar-refractivity contribution is -0.138. The third kappa shape index (κ3) is 6.17. The third-order valence-electron chi connectivity index (χ3n) is 5.15. The molecule has 0 saturated carbocycles. The average Bonchev–Trinajstić information content (AvgIpc) is 2.47. The molecule has 0 radical (unpaired) electrons. The van der Waals surface area contributed by atoms with Crippen molar-refractivity contribution in [3.8, 4) is 0 Å². The van der Waals surface area contributed by atoms with Crippen LogP contribution in [0.5, 0.6) is 0 Å². The van der Waals surface area contributed by atoms with Gasteiger partial charge in [0.25, 0.3) is 0 Å². The number of nitrogens with one attached hydrogen (secondary N) is 1. The van der Waals surface area contributed by atoms with Crippen molar-refractivity contribution in [2.75, 3.05) is 19.6 Å². The van der Waals surface area contributed by atoms with Crippen LogP contribution < -0.4 is 5.32 Å². The van der Waals surface area contributed by atoms with E-state index in [2.05, 4.69) is 29.0 Å². The van der Waals surface area contributed by atoms with Crippen LogP contribution >= 0.6 is 0 Å². The summed E-state index contributed by atoms with van der Waals surface area (Å²) in [7, 11) is 0. The van der Waals surface area contributed by atoms with E-state index in [-0.39, 0.29) is 18.0 Å². The van der Waals surface area contributed by atoms with Gasteiger partial charge >= 0.3 is 6.09 Å². The number of nitrogens with zero attached hydrogens (tertiary/aromatic N) is 2. The van der Waals surface area contributed by atoms with E-state index >= 15 is 0 Å². The number of hydrogen-bond donors (Lipinski definition) is 1. The second kappa shape index (κ2) is 8.39. The van der Waals surface area contributed by atoms with Gasteiger partial charge in [-0.15, -0.1) is 0 Å². The number of alkyl carbamates (subject to hydrolysis) is 1. The van der Waals surface area contributed by atoms with Gasteiger partial charge in [-0.05, 0) is 66.7 Å². The molecule has 2 aliphatic heterocycles.